The van der Waals surface area contributed by atoms with Gasteiger partial charge in [-0.2, -0.15) is 0 Å². The summed E-state index contributed by atoms with van der Waals surface area (Å²) in [6.07, 6.45) is 5.19. The summed E-state index contributed by atoms with van der Waals surface area (Å²) in [7, 11) is 2.06. The van der Waals surface area contributed by atoms with Crippen molar-refractivity contribution in [3.63, 3.8) is 0 Å². The van der Waals surface area contributed by atoms with Crippen LogP contribution in [0.5, 0.6) is 0 Å². The normalized spacial score (nSPS) is 19.8. The Kier molecular flexibility index (Phi) is 5.21. The molecular weight excluding hydrogens is 220 g/mol. The molecule has 0 aliphatic carbocycles. The first-order valence-electron chi connectivity index (χ1n) is 7.30. The molecule has 0 fully saturated rings. The van der Waals surface area contributed by atoms with Crippen LogP contribution in [-0.2, 0) is 13.0 Å². The van der Waals surface area contributed by atoms with Crippen molar-refractivity contribution in [1.29, 1.82) is 0 Å². The first-order chi connectivity index (χ1) is 8.85. The van der Waals surface area contributed by atoms with E-state index in [1.165, 1.54) is 37.8 Å². The van der Waals surface area contributed by atoms with E-state index in [1.54, 1.807) is 5.56 Å². The highest BCUT2D eigenvalue weighted by atomic mass is 15.2. The van der Waals surface area contributed by atoms with Crippen LogP contribution in [0.3, 0.4) is 0 Å². The SMILES string of the molecule is CCCCCN1Cc2ccccc2CC1CNC. The van der Waals surface area contributed by atoms with Crippen LogP contribution in [0, 0.1) is 0 Å². The van der Waals surface area contributed by atoms with Crippen LogP contribution in [-0.4, -0.2) is 31.1 Å². The van der Waals surface area contributed by atoms with Gasteiger partial charge >= 0.3 is 0 Å². The summed E-state index contributed by atoms with van der Waals surface area (Å²) in [5.74, 6) is 0. The third-order valence-corrected chi connectivity index (χ3v) is 3.95. The first kappa shape index (κ1) is 13.6. The molecule has 18 heavy (non-hydrogen) atoms. The van der Waals surface area contributed by atoms with Gasteiger partial charge in [0.1, 0.15) is 0 Å². The number of nitrogens with zero attached hydrogens (tertiary/aromatic N) is 1. The standard InChI is InChI=1S/C16H26N2/c1-3-4-7-10-18-13-15-9-6-5-8-14(15)11-16(18)12-17-2/h5-6,8-9,16-17H,3-4,7,10-13H2,1-2H3. The van der Waals surface area contributed by atoms with Gasteiger partial charge in [-0.25, -0.2) is 0 Å². The van der Waals surface area contributed by atoms with E-state index >= 15 is 0 Å². The van der Waals surface area contributed by atoms with E-state index in [0.717, 1.165) is 13.1 Å². The molecule has 0 spiro atoms. The summed E-state index contributed by atoms with van der Waals surface area (Å²) in [4.78, 5) is 2.66. The molecule has 1 aromatic carbocycles. The number of hydrogen-bond acceptors (Lipinski definition) is 2. The monoisotopic (exact) mass is 246 g/mol. The number of hydrogen-bond donors (Lipinski definition) is 1. The molecule has 1 aliphatic heterocycles. The molecule has 100 valence electrons. The van der Waals surface area contributed by atoms with Gasteiger partial charge in [-0.15, -0.1) is 0 Å². The average Bonchev–Trinajstić information content (AvgIpc) is 2.40. The van der Waals surface area contributed by atoms with Gasteiger partial charge in [-0.3, -0.25) is 4.90 Å². The molecule has 1 aliphatic rings. The molecule has 0 saturated carbocycles. The number of likely N-dealkylation sites (N-methyl/N-ethyl adjacent to an activating group) is 1. The van der Waals surface area contributed by atoms with Gasteiger partial charge in [0.15, 0.2) is 0 Å². The molecule has 2 rings (SSSR count). The molecule has 0 amide bonds. The molecule has 1 atom stereocenters. The van der Waals surface area contributed by atoms with Gasteiger partial charge in [-0.05, 0) is 37.6 Å². The highest BCUT2D eigenvalue weighted by Gasteiger charge is 2.24. The largest absolute Gasteiger partial charge is 0.318 e. The van der Waals surface area contributed by atoms with E-state index in [4.69, 9.17) is 0 Å². The molecule has 0 bridgehead atoms. The van der Waals surface area contributed by atoms with Crippen LogP contribution in [0.1, 0.15) is 37.3 Å². The van der Waals surface area contributed by atoms with E-state index in [9.17, 15) is 0 Å². The fourth-order valence-corrected chi connectivity index (χ4v) is 2.91. The molecule has 0 saturated heterocycles. The lowest BCUT2D eigenvalue weighted by atomic mass is 9.93. The van der Waals surface area contributed by atoms with Gasteiger partial charge in [-0.1, -0.05) is 44.0 Å². The van der Waals surface area contributed by atoms with Crippen LogP contribution in [0.25, 0.3) is 0 Å². The molecule has 1 heterocycles. The van der Waals surface area contributed by atoms with E-state index in [-0.39, 0.29) is 0 Å². The van der Waals surface area contributed by atoms with Gasteiger partial charge in [0, 0.05) is 19.1 Å². The molecule has 1 aromatic rings. The molecule has 1 N–H and O–H groups in total. The van der Waals surface area contributed by atoms with Crippen molar-refractivity contribution in [2.75, 3.05) is 20.1 Å². The Morgan fingerprint density at radius 3 is 2.72 bits per heavy atom. The Morgan fingerprint density at radius 1 is 1.22 bits per heavy atom. The summed E-state index contributed by atoms with van der Waals surface area (Å²) >= 11 is 0. The van der Waals surface area contributed by atoms with Gasteiger partial charge in [0.25, 0.3) is 0 Å². The second-order valence-electron chi connectivity index (χ2n) is 5.36. The van der Waals surface area contributed by atoms with Crippen molar-refractivity contribution in [1.82, 2.24) is 10.2 Å². The van der Waals surface area contributed by atoms with E-state index in [1.807, 2.05) is 0 Å². The summed E-state index contributed by atoms with van der Waals surface area (Å²) in [6.45, 7) is 5.75. The molecule has 0 radical (unpaired) electrons. The Balaban J connectivity index is 2.03. The van der Waals surface area contributed by atoms with Crippen LogP contribution in [0.4, 0.5) is 0 Å². The second kappa shape index (κ2) is 6.91. The Labute approximate surface area is 111 Å². The first-order valence-corrected chi connectivity index (χ1v) is 7.30. The predicted molar refractivity (Wildman–Crippen MR) is 77.8 cm³/mol. The maximum atomic E-state index is 3.35. The predicted octanol–water partition coefficient (Wildman–Crippen LogP) is 2.82. The minimum atomic E-state index is 0.668. The number of rotatable bonds is 6. The molecule has 2 nitrogen and oxygen atoms in total. The average molecular weight is 246 g/mol. The van der Waals surface area contributed by atoms with E-state index in [0.29, 0.717) is 6.04 Å². The summed E-state index contributed by atoms with van der Waals surface area (Å²) < 4.78 is 0. The molecule has 0 aromatic heterocycles. The molecular formula is C16H26N2. The lowest BCUT2D eigenvalue weighted by Crippen LogP contribution is -2.46. The third kappa shape index (κ3) is 3.33. The Hall–Kier alpha value is -0.860. The van der Waals surface area contributed by atoms with Crippen molar-refractivity contribution in [3.05, 3.63) is 35.4 Å². The highest BCUT2D eigenvalue weighted by molar-refractivity contribution is 5.30. The second-order valence-corrected chi connectivity index (χ2v) is 5.36. The van der Waals surface area contributed by atoms with Crippen LogP contribution in [0.15, 0.2) is 24.3 Å². The fraction of sp³-hybridized carbons (Fsp3) is 0.625. The Morgan fingerprint density at radius 2 is 2.00 bits per heavy atom. The third-order valence-electron chi connectivity index (χ3n) is 3.95. The van der Waals surface area contributed by atoms with Crippen LogP contribution < -0.4 is 5.32 Å². The topological polar surface area (TPSA) is 15.3 Å². The van der Waals surface area contributed by atoms with Crippen molar-refractivity contribution >= 4 is 0 Å². The van der Waals surface area contributed by atoms with Gasteiger partial charge < -0.3 is 5.32 Å². The lowest BCUT2D eigenvalue weighted by molar-refractivity contribution is 0.166. The van der Waals surface area contributed by atoms with Crippen molar-refractivity contribution < 1.29 is 0 Å². The number of unbranched alkanes of at least 4 members (excludes halogenated alkanes) is 2. The zero-order valence-electron chi connectivity index (χ0n) is 11.8. The Bertz CT molecular complexity index is 362. The quantitative estimate of drug-likeness (QED) is 0.777. The number of fused-ring (bicyclic) bond motifs is 1. The van der Waals surface area contributed by atoms with Crippen LogP contribution in [0.2, 0.25) is 0 Å². The highest BCUT2D eigenvalue weighted by Crippen LogP contribution is 2.23. The molecule has 2 heteroatoms. The number of nitrogens with one attached hydrogen (secondary N) is 1. The van der Waals surface area contributed by atoms with Crippen molar-refractivity contribution in [3.8, 4) is 0 Å². The van der Waals surface area contributed by atoms with Gasteiger partial charge in [0.2, 0.25) is 0 Å². The molecule has 1 unspecified atom stereocenters. The van der Waals surface area contributed by atoms with E-state index in [2.05, 4.69) is 48.5 Å². The summed E-state index contributed by atoms with van der Waals surface area (Å²) in [5, 5.41) is 3.35. The smallest absolute Gasteiger partial charge is 0.0264 e. The fourth-order valence-electron chi connectivity index (χ4n) is 2.91. The minimum absolute atomic E-state index is 0.668. The number of benzene rings is 1. The maximum Gasteiger partial charge on any atom is 0.0264 e. The lowest BCUT2D eigenvalue weighted by Gasteiger charge is -2.37. The van der Waals surface area contributed by atoms with Crippen molar-refractivity contribution in [2.45, 2.75) is 45.2 Å². The van der Waals surface area contributed by atoms with Crippen LogP contribution >= 0.6 is 0 Å². The minimum Gasteiger partial charge on any atom is -0.318 e. The summed E-state index contributed by atoms with van der Waals surface area (Å²) in [6, 6.07) is 9.59. The summed E-state index contributed by atoms with van der Waals surface area (Å²) in [5.41, 5.74) is 3.07. The van der Waals surface area contributed by atoms with Gasteiger partial charge in [0.05, 0.1) is 0 Å². The van der Waals surface area contributed by atoms with E-state index < -0.39 is 0 Å². The maximum absolute atomic E-state index is 3.35. The zero-order valence-corrected chi connectivity index (χ0v) is 11.8. The zero-order chi connectivity index (χ0) is 12.8. The van der Waals surface area contributed by atoms with Crippen molar-refractivity contribution in [2.24, 2.45) is 0 Å².